The van der Waals surface area contributed by atoms with E-state index in [-0.39, 0.29) is 17.4 Å². The van der Waals surface area contributed by atoms with Crippen molar-refractivity contribution in [3.63, 3.8) is 0 Å². The van der Waals surface area contributed by atoms with E-state index in [4.69, 9.17) is 0 Å². The number of pyridine rings is 1. The van der Waals surface area contributed by atoms with E-state index < -0.39 is 6.10 Å². The van der Waals surface area contributed by atoms with Crippen LogP contribution >= 0.6 is 0 Å². The summed E-state index contributed by atoms with van der Waals surface area (Å²) in [4.78, 5) is 22.7. The standard InChI is InChI=1S/C20H28N4O2/c1-4-24-11-20(18(24)12(2)3)8-15(16(25)9-20)23-19(26)13-10-22-14-6-5-7-21-17(13)14/h5-7,10,12,15-16,18,22,25H,4,8-9,11H2,1-3H3,(H,23,26)/t15-,16-,18?,20?/m1/s1. The van der Waals surface area contributed by atoms with Crippen LogP contribution in [-0.4, -0.2) is 57.2 Å². The molecule has 6 nitrogen and oxygen atoms in total. The first-order chi connectivity index (χ1) is 12.4. The van der Waals surface area contributed by atoms with Gasteiger partial charge >= 0.3 is 0 Å². The van der Waals surface area contributed by atoms with Gasteiger partial charge < -0.3 is 15.4 Å². The number of carbonyl (C=O) groups is 1. The Hall–Kier alpha value is -1.92. The number of fused-ring (bicyclic) bond motifs is 1. The number of aliphatic hydroxyl groups excluding tert-OH is 1. The highest BCUT2D eigenvalue weighted by atomic mass is 16.3. The molecule has 3 heterocycles. The minimum Gasteiger partial charge on any atom is -0.391 e. The van der Waals surface area contributed by atoms with E-state index in [1.165, 1.54) is 0 Å². The molecular weight excluding hydrogens is 328 g/mol. The lowest BCUT2D eigenvalue weighted by atomic mass is 9.65. The van der Waals surface area contributed by atoms with Crippen LogP contribution in [0.2, 0.25) is 0 Å². The summed E-state index contributed by atoms with van der Waals surface area (Å²) in [7, 11) is 0. The third-order valence-electron chi connectivity index (χ3n) is 6.28. The molecule has 1 aliphatic heterocycles. The van der Waals surface area contributed by atoms with Crippen molar-refractivity contribution < 1.29 is 9.90 Å². The zero-order valence-electron chi connectivity index (χ0n) is 15.7. The summed E-state index contributed by atoms with van der Waals surface area (Å²) in [6.07, 6.45) is 4.51. The van der Waals surface area contributed by atoms with Crippen LogP contribution < -0.4 is 5.32 Å². The Kier molecular flexibility index (Phi) is 4.28. The summed E-state index contributed by atoms with van der Waals surface area (Å²) in [5.41, 5.74) is 2.18. The van der Waals surface area contributed by atoms with Gasteiger partial charge in [-0.15, -0.1) is 0 Å². The van der Waals surface area contributed by atoms with Crippen LogP contribution in [-0.2, 0) is 0 Å². The van der Waals surface area contributed by atoms with Crippen molar-refractivity contribution in [3.05, 3.63) is 30.1 Å². The number of hydrogen-bond acceptors (Lipinski definition) is 4. The number of carbonyl (C=O) groups excluding carboxylic acids is 1. The highest BCUT2D eigenvalue weighted by molar-refractivity contribution is 6.05. The van der Waals surface area contributed by atoms with Crippen molar-refractivity contribution in [2.24, 2.45) is 11.3 Å². The van der Waals surface area contributed by atoms with E-state index in [0.717, 1.165) is 31.4 Å². The van der Waals surface area contributed by atoms with Crippen LogP contribution in [0.5, 0.6) is 0 Å². The summed E-state index contributed by atoms with van der Waals surface area (Å²) >= 11 is 0. The first-order valence-electron chi connectivity index (χ1n) is 9.60. The highest BCUT2D eigenvalue weighted by Crippen LogP contribution is 2.52. The topological polar surface area (TPSA) is 81.2 Å². The Balaban J connectivity index is 1.50. The first-order valence-corrected chi connectivity index (χ1v) is 9.60. The number of aromatic amines is 1. The van der Waals surface area contributed by atoms with Crippen molar-refractivity contribution in [2.45, 2.75) is 51.8 Å². The number of likely N-dealkylation sites (tertiary alicyclic amines) is 1. The second-order valence-corrected chi connectivity index (χ2v) is 8.27. The Labute approximate surface area is 154 Å². The smallest absolute Gasteiger partial charge is 0.255 e. The van der Waals surface area contributed by atoms with Gasteiger partial charge in [-0.2, -0.15) is 0 Å². The molecule has 0 aromatic carbocycles. The minimum absolute atomic E-state index is 0.125. The third kappa shape index (κ3) is 2.63. The number of H-pyrrole nitrogens is 1. The molecule has 2 aliphatic rings. The Morgan fingerprint density at radius 3 is 3.04 bits per heavy atom. The SMILES string of the molecule is CCN1CC2(C[C@@H](O)[C@H](NC(=O)c3c[nH]c4cccnc34)C2)C1C(C)C. The van der Waals surface area contributed by atoms with Gasteiger partial charge in [-0.3, -0.25) is 14.7 Å². The highest BCUT2D eigenvalue weighted by Gasteiger charge is 2.58. The molecule has 2 fully saturated rings. The monoisotopic (exact) mass is 356 g/mol. The number of nitrogens with zero attached hydrogens (tertiary/aromatic N) is 2. The molecule has 140 valence electrons. The van der Waals surface area contributed by atoms with Crippen LogP contribution in [0.15, 0.2) is 24.5 Å². The fourth-order valence-corrected chi connectivity index (χ4v) is 5.42. The van der Waals surface area contributed by atoms with E-state index in [1.807, 2.05) is 12.1 Å². The molecule has 4 atom stereocenters. The maximum Gasteiger partial charge on any atom is 0.255 e. The van der Waals surface area contributed by atoms with Gasteiger partial charge in [-0.1, -0.05) is 20.8 Å². The molecule has 1 saturated carbocycles. The van der Waals surface area contributed by atoms with Gasteiger partial charge in [-0.25, -0.2) is 0 Å². The van der Waals surface area contributed by atoms with Crippen molar-refractivity contribution in [1.29, 1.82) is 0 Å². The molecule has 3 N–H and O–H groups in total. The number of aliphatic hydroxyl groups is 1. The molecule has 2 aromatic rings. The van der Waals surface area contributed by atoms with Crippen LogP contribution in [0.3, 0.4) is 0 Å². The molecule has 1 saturated heterocycles. The molecule has 1 aliphatic carbocycles. The van der Waals surface area contributed by atoms with E-state index in [0.29, 0.717) is 23.0 Å². The Morgan fingerprint density at radius 1 is 1.50 bits per heavy atom. The number of aromatic nitrogens is 2. The summed E-state index contributed by atoms with van der Waals surface area (Å²) < 4.78 is 0. The van der Waals surface area contributed by atoms with Crippen LogP contribution in [0.1, 0.15) is 44.0 Å². The summed E-state index contributed by atoms with van der Waals surface area (Å²) in [6, 6.07) is 4.03. The van der Waals surface area contributed by atoms with Gasteiger partial charge in [0.2, 0.25) is 0 Å². The van der Waals surface area contributed by atoms with Gasteiger partial charge in [0.05, 0.1) is 23.2 Å². The maximum absolute atomic E-state index is 12.8. The summed E-state index contributed by atoms with van der Waals surface area (Å²) in [6.45, 7) is 8.76. The molecule has 26 heavy (non-hydrogen) atoms. The third-order valence-corrected chi connectivity index (χ3v) is 6.28. The quantitative estimate of drug-likeness (QED) is 0.784. The average Bonchev–Trinajstić information content (AvgIpc) is 3.15. The van der Waals surface area contributed by atoms with Gasteiger partial charge in [0, 0.05) is 30.4 Å². The molecule has 2 unspecified atom stereocenters. The fraction of sp³-hybridized carbons (Fsp3) is 0.600. The lowest BCUT2D eigenvalue weighted by Crippen LogP contribution is -2.65. The maximum atomic E-state index is 12.8. The minimum atomic E-state index is -0.489. The predicted octanol–water partition coefficient (Wildman–Crippen LogP) is 2.16. The zero-order chi connectivity index (χ0) is 18.5. The number of amides is 1. The van der Waals surface area contributed by atoms with E-state index in [9.17, 15) is 9.90 Å². The molecule has 2 aromatic heterocycles. The van der Waals surface area contributed by atoms with Crippen LogP contribution in [0.25, 0.3) is 11.0 Å². The molecule has 6 heteroatoms. The summed E-state index contributed by atoms with van der Waals surface area (Å²) in [5, 5.41) is 13.7. The van der Waals surface area contributed by atoms with Crippen LogP contribution in [0, 0.1) is 11.3 Å². The number of nitrogens with one attached hydrogen (secondary N) is 2. The van der Waals surface area contributed by atoms with E-state index >= 15 is 0 Å². The van der Waals surface area contributed by atoms with E-state index in [1.54, 1.807) is 12.4 Å². The summed E-state index contributed by atoms with van der Waals surface area (Å²) in [5.74, 6) is 0.381. The van der Waals surface area contributed by atoms with Gasteiger partial charge in [0.1, 0.15) is 5.52 Å². The second kappa shape index (κ2) is 6.35. The Bertz CT molecular complexity index is 817. The molecular formula is C20H28N4O2. The van der Waals surface area contributed by atoms with Crippen LogP contribution in [0.4, 0.5) is 0 Å². The van der Waals surface area contributed by atoms with Gasteiger partial charge in [0.25, 0.3) is 5.91 Å². The zero-order valence-corrected chi connectivity index (χ0v) is 15.7. The molecule has 1 amide bonds. The largest absolute Gasteiger partial charge is 0.391 e. The second-order valence-electron chi connectivity index (χ2n) is 8.27. The predicted molar refractivity (Wildman–Crippen MR) is 101 cm³/mol. The van der Waals surface area contributed by atoms with Crippen molar-refractivity contribution in [3.8, 4) is 0 Å². The van der Waals surface area contributed by atoms with Crippen molar-refractivity contribution >= 4 is 16.9 Å². The lowest BCUT2D eigenvalue weighted by Gasteiger charge is -2.58. The lowest BCUT2D eigenvalue weighted by molar-refractivity contribution is -0.0963. The van der Waals surface area contributed by atoms with Gasteiger partial charge in [-0.05, 0) is 37.4 Å². The van der Waals surface area contributed by atoms with Gasteiger partial charge in [0.15, 0.2) is 0 Å². The fourth-order valence-electron chi connectivity index (χ4n) is 5.42. The number of rotatable bonds is 4. The van der Waals surface area contributed by atoms with Crippen molar-refractivity contribution in [2.75, 3.05) is 13.1 Å². The Morgan fingerprint density at radius 2 is 2.31 bits per heavy atom. The molecule has 0 bridgehead atoms. The first kappa shape index (κ1) is 17.5. The molecule has 1 spiro atoms. The number of hydrogen-bond donors (Lipinski definition) is 3. The molecule has 0 radical (unpaired) electrons. The normalized spacial score (nSPS) is 31.7. The van der Waals surface area contributed by atoms with E-state index in [2.05, 4.69) is 41.0 Å². The van der Waals surface area contributed by atoms with Crippen molar-refractivity contribution in [1.82, 2.24) is 20.2 Å². The molecule has 4 rings (SSSR count). The average molecular weight is 356 g/mol.